The van der Waals surface area contributed by atoms with Crippen molar-refractivity contribution in [2.75, 3.05) is 0 Å². The first-order valence-electron chi connectivity index (χ1n) is 4.81. The van der Waals surface area contributed by atoms with E-state index in [1.54, 1.807) is 6.92 Å². The molecule has 1 N–H and O–H groups in total. The van der Waals surface area contributed by atoms with Gasteiger partial charge in [-0.25, -0.2) is 4.79 Å². The van der Waals surface area contributed by atoms with Gasteiger partial charge in [-0.05, 0) is 19.3 Å². The van der Waals surface area contributed by atoms with E-state index in [1.807, 2.05) is 0 Å². The zero-order valence-electron chi connectivity index (χ0n) is 8.21. The van der Waals surface area contributed by atoms with Gasteiger partial charge < -0.3 is 9.84 Å². The lowest BCUT2D eigenvalue weighted by atomic mass is 9.98. The van der Waals surface area contributed by atoms with Gasteiger partial charge in [-0.15, -0.1) is 0 Å². The molecule has 0 amide bonds. The van der Waals surface area contributed by atoms with E-state index in [0.717, 1.165) is 12.8 Å². The van der Waals surface area contributed by atoms with Gasteiger partial charge in [-0.1, -0.05) is 6.92 Å². The van der Waals surface area contributed by atoms with Crippen LogP contribution in [0.25, 0.3) is 0 Å². The summed E-state index contributed by atoms with van der Waals surface area (Å²) in [6.07, 6.45) is 3.09. The Kier molecular flexibility index (Phi) is 3.68. The lowest BCUT2D eigenvalue weighted by Gasteiger charge is -2.16. The molecule has 0 aliphatic heterocycles. The van der Waals surface area contributed by atoms with E-state index in [9.17, 15) is 9.59 Å². The Labute approximate surface area is 82.6 Å². The normalized spacial score (nSPS) is 16.6. The molecule has 4 nitrogen and oxygen atoms in total. The fraction of sp³-hybridized carbons (Fsp3) is 0.600. The lowest BCUT2D eigenvalue weighted by molar-refractivity contribution is -0.140. The van der Waals surface area contributed by atoms with Crippen molar-refractivity contribution >= 4 is 11.9 Å². The Bertz CT molecular complexity index is 278. The van der Waals surface area contributed by atoms with Gasteiger partial charge in [-0.2, -0.15) is 0 Å². The Morgan fingerprint density at radius 2 is 2.00 bits per heavy atom. The number of hydrogen-bond acceptors (Lipinski definition) is 3. The number of ether oxygens (including phenoxy) is 1. The Morgan fingerprint density at radius 3 is 2.57 bits per heavy atom. The zero-order chi connectivity index (χ0) is 10.6. The second-order valence-corrected chi connectivity index (χ2v) is 3.24. The van der Waals surface area contributed by atoms with Crippen LogP contribution in [0.5, 0.6) is 0 Å². The number of carbonyl (C=O) groups is 2. The molecule has 1 aliphatic rings. The van der Waals surface area contributed by atoms with E-state index in [0.29, 0.717) is 18.6 Å². The monoisotopic (exact) mass is 198 g/mol. The average Bonchev–Trinajstić information content (AvgIpc) is 2.18. The minimum absolute atomic E-state index is 0.262. The lowest BCUT2D eigenvalue weighted by Crippen LogP contribution is -2.13. The van der Waals surface area contributed by atoms with Crippen molar-refractivity contribution in [3.63, 3.8) is 0 Å². The Morgan fingerprint density at radius 1 is 1.36 bits per heavy atom. The smallest absolute Gasteiger partial charge is 0.334 e. The Balaban J connectivity index is 2.78. The molecule has 4 heteroatoms. The summed E-state index contributed by atoms with van der Waals surface area (Å²) in [6.45, 7) is 1.69. The number of esters is 1. The highest BCUT2D eigenvalue weighted by atomic mass is 16.5. The summed E-state index contributed by atoms with van der Waals surface area (Å²) in [7, 11) is 0. The first kappa shape index (κ1) is 10.8. The van der Waals surface area contributed by atoms with Crippen LogP contribution >= 0.6 is 0 Å². The standard InChI is InChI=1S/C10H14O4/c1-2-9(11)14-8-6-4-3-5-7(8)10(12)13/h2-6H2,1H3,(H,12,13). The summed E-state index contributed by atoms with van der Waals surface area (Å²) in [5.74, 6) is -0.972. The van der Waals surface area contributed by atoms with Crippen LogP contribution in [0.15, 0.2) is 11.3 Å². The van der Waals surface area contributed by atoms with Crippen molar-refractivity contribution in [2.45, 2.75) is 39.0 Å². The predicted octanol–water partition coefficient (Wildman–Crippen LogP) is 1.85. The predicted molar refractivity (Wildman–Crippen MR) is 49.5 cm³/mol. The minimum atomic E-state index is -0.969. The number of aliphatic carboxylic acids is 1. The third-order valence-corrected chi connectivity index (χ3v) is 2.20. The third-order valence-electron chi connectivity index (χ3n) is 2.20. The topological polar surface area (TPSA) is 63.6 Å². The van der Waals surface area contributed by atoms with Gasteiger partial charge in [0.25, 0.3) is 0 Å². The molecule has 1 aliphatic carbocycles. The maximum Gasteiger partial charge on any atom is 0.334 e. The van der Waals surface area contributed by atoms with Crippen molar-refractivity contribution < 1.29 is 19.4 Å². The molecule has 0 radical (unpaired) electrons. The molecular formula is C10H14O4. The molecule has 0 saturated heterocycles. The highest BCUT2D eigenvalue weighted by Crippen LogP contribution is 2.25. The molecule has 0 aromatic heterocycles. The molecule has 0 aromatic rings. The largest absolute Gasteiger partial charge is 0.478 e. The van der Waals surface area contributed by atoms with Crippen LogP contribution in [0.2, 0.25) is 0 Å². The van der Waals surface area contributed by atoms with Gasteiger partial charge in [0.15, 0.2) is 0 Å². The molecule has 0 bridgehead atoms. The molecule has 14 heavy (non-hydrogen) atoms. The molecular weight excluding hydrogens is 184 g/mol. The van der Waals surface area contributed by atoms with Gasteiger partial charge in [-0.3, -0.25) is 4.79 Å². The SMILES string of the molecule is CCC(=O)OC1=C(C(=O)O)CCCC1. The first-order valence-corrected chi connectivity index (χ1v) is 4.81. The van der Waals surface area contributed by atoms with Gasteiger partial charge in [0.05, 0.1) is 5.57 Å². The quantitative estimate of drug-likeness (QED) is 0.703. The maximum atomic E-state index is 11.0. The number of allylic oxidation sites excluding steroid dienone is 1. The molecule has 0 atom stereocenters. The summed E-state index contributed by atoms with van der Waals surface area (Å²) in [5, 5.41) is 8.85. The highest BCUT2D eigenvalue weighted by Gasteiger charge is 2.21. The van der Waals surface area contributed by atoms with Gasteiger partial charge in [0, 0.05) is 12.8 Å². The molecule has 0 spiro atoms. The fourth-order valence-electron chi connectivity index (χ4n) is 1.43. The van der Waals surface area contributed by atoms with E-state index < -0.39 is 5.97 Å². The van der Waals surface area contributed by atoms with E-state index in [-0.39, 0.29) is 18.0 Å². The van der Waals surface area contributed by atoms with Crippen molar-refractivity contribution in [1.82, 2.24) is 0 Å². The minimum Gasteiger partial charge on any atom is -0.478 e. The van der Waals surface area contributed by atoms with Crippen molar-refractivity contribution in [2.24, 2.45) is 0 Å². The summed E-state index contributed by atoms with van der Waals surface area (Å²) in [4.78, 5) is 21.8. The van der Waals surface area contributed by atoms with Crippen molar-refractivity contribution in [3.05, 3.63) is 11.3 Å². The van der Waals surface area contributed by atoms with E-state index in [4.69, 9.17) is 9.84 Å². The van der Waals surface area contributed by atoms with Crippen molar-refractivity contribution in [3.8, 4) is 0 Å². The molecule has 0 unspecified atom stereocenters. The second-order valence-electron chi connectivity index (χ2n) is 3.24. The van der Waals surface area contributed by atoms with Gasteiger partial charge in [0.2, 0.25) is 0 Å². The Hall–Kier alpha value is -1.32. The van der Waals surface area contributed by atoms with Crippen LogP contribution in [-0.4, -0.2) is 17.0 Å². The van der Waals surface area contributed by atoms with Gasteiger partial charge >= 0.3 is 11.9 Å². The molecule has 0 aromatic carbocycles. The van der Waals surface area contributed by atoms with E-state index in [2.05, 4.69) is 0 Å². The van der Waals surface area contributed by atoms with Crippen LogP contribution in [-0.2, 0) is 14.3 Å². The second kappa shape index (κ2) is 4.79. The molecule has 1 rings (SSSR count). The molecule has 0 heterocycles. The van der Waals surface area contributed by atoms with E-state index >= 15 is 0 Å². The fourth-order valence-corrected chi connectivity index (χ4v) is 1.43. The maximum absolute atomic E-state index is 11.0. The molecule has 0 saturated carbocycles. The van der Waals surface area contributed by atoms with Crippen LogP contribution in [0.4, 0.5) is 0 Å². The number of hydrogen-bond donors (Lipinski definition) is 1. The molecule has 0 fully saturated rings. The zero-order valence-corrected chi connectivity index (χ0v) is 8.21. The highest BCUT2D eigenvalue weighted by molar-refractivity contribution is 5.88. The number of carboxylic acid groups (broad SMARTS) is 1. The number of carbonyl (C=O) groups excluding carboxylic acids is 1. The molecule has 78 valence electrons. The van der Waals surface area contributed by atoms with Crippen LogP contribution in [0.1, 0.15) is 39.0 Å². The van der Waals surface area contributed by atoms with Crippen LogP contribution in [0.3, 0.4) is 0 Å². The average molecular weight is 198 g/mol. The summed E-state index contributed by atoms with van der Waals surface area (Å²) < 4.78 is 4.97. The van der Waals surface area contributed by atoms with E-state index in [1.165, 1.54) is 0 Å². The van der Waals surface area contributed by atoms with Gasteiger partial charge in [0.1, 0.15) is 5.76 Å². The first-order chi connectivity index (χ1) is 6.65. The summed E-state index contributed by atoms with van der Waals surface area (Å²) in [6, 6.07) is 0. The van der Waals surface area contributed by atoms with Crippen molar-refractivity contribution in [1.29, 1.82) is 0 Å². The summed E-state index contributed by atoms with van der Waals surface area (Å²) >= 11 is 0. The van der Waals surface area contributed by atoms with Crippen LogP contribution in [0, 0.1) is 0 Å². The number of rotatable bonds is 3. The third kappa shape index (κ3) is 2.58. The number of carboxylic acids is 1. The summed E-state index contributed by atoms with van der Waals surface area (Å²) in [5.41, 5.74) is 0.262. The van der Waals surface area contributed by atoms with Crippen LogP contribution < -0.4 is 0 Å².